The zero-order valence-electron chi connectivity index (χ0n) is 29.9. The van der Waals surface area contributed by atoms with Crippen molar-refractivity contribution < 1.29 is 32.2 Å². The van der Waals surface area contributed by atoms with Crippen LogP contribution in [0.5, 0.6) is 17.4 Å². The maximum atomic E-state index is 15.2. The Labute approximate surface area is 304 Å². The van der Waals surface area contributed by atoms with Crippen LogP contribution in [0.4, 0.5) is 5.69 Å². The van der Waals surface area contributed by atoms with Crippen LogP contribution in [0.25, 0.3) is 0 Å². The number of nitrogens with one attached hydrogen (secondary N) is 1. The monoisotopic (exact) mass is 728 g/mol. The SMILES string of the molecule is CCOc1ncccc1[C@@]1(NC(=O)C2CC3(C2)CC(N2CCN(CC)CC2)C3)C(=O)N(S(=O)(=O)c2ccc(OC)cc2OC)c2ccc(C#N)cc21. The van der Waals surface area contributed by atoms with E-state index in [-0.39, 0.29) is 62.7 Å². The van der Waals surface area contributed by atoms with Crippen molar-refractivity contribution in [3.63, 3.8) is 0 Å². The molecule has 14 heteroatoms. The minimum absolute atomic E-state index is 0.0106. The van der Waals surface area contributed by atoms with Crippen molar-refractivity contribution in [1.29, 1.82) is 5.26 Å². The lowest BCUT2D eigenvalue weighted by Crippen LogP contribution is -2.63. The van der Waals surface area contributed by atoms with Crippen molar-refractivity contribution in [2.45, 2.75) is 56.0 Å². The number of hydrogen-bond donors (Lipinski definition) is 1. The quantitative estimate of drug-likeness (QED) is 0.308. The number of anilines is 1. The Morgan fingerprint density at radius 3 is 2.40 bits per heavy atom. The lowest BCUT2D eigenvalue weighted by molar-refractivity contribution is -0.147. The van der Waals surface area contributed by atoms with Crippen molar-refractivity contribution in [3.05, 3.63) is 71.4 Å². The number of piperazine rings is 1. The molecule has 3 fully saturated rings. The van der Waals surface area contributed by atoms with E-state index < -0.39 is 21.5 Å². The van der Waals surface area contributed by atoms with Crippen molar-refractivity contribution in [1.82, 2.24) is 20.1 Å². The van der Waals surface area contributed by atoms with Crippen LogP contribution < -0.4 is 23.8 Å². The molecule has 274 valence electrons. The summed E-state index contributed by atoms with van der Waals surface area (Å²) in [5.41, 5.74) is -1.55. The molecule has 0 unspecified atom stereocenters. The van der Waals surface area contributed by atoms with Crippen LogP contribution in [0.3, 0.4) is 0 Å². The molecule has 3 heterocycles. The summed E-state index contributed by atoms with van der Waals surface area (Å²) >= 11 is 0. The predicted octanol–water partition coefficient (Wildman–Crippen LogP) is 3.66. The van der Waals surface area contributed by atoms with Crippen molar-refractivity contribution in [2.75, 3.05) is 57.9 Å². The lowest BCUT2D eigenvalue weighted by Gasteiger charge is -2.60. The number of ether oxygens (including phenoxy) is 3. The average Bonchev–Trinajstić information content (AvgIpc) is 3.37. The van der Waals surface area contributed by atoms with Gasteiger partial charge in [-0.05, 0) is 87.0 Å². The number of hydrogen-bond acceptors (Lipinski definition) is 11. The average molecular weight is 729 g/mol. The van der Waals surface area contributed by atoms with E-state index in [4.69, 9.17) is 14.2 Å². The molecule has 3 aromatic rings. The highest BCUT2D eigenvalue weighted by molar-refractivity contribution is 7.93. The van der Waals surface area contributed by atoms with Gasteiger partial charge in [0.25, 0.3) is 15.9 Å². The number of sulfonamides is 1. The molecule has 1 aromatic heterocycles. The number of aromatic nitrogens is 1. The van der Waals surface area contributed by atoms with E-state index in [1.165, 1.54) is 56.8 Å². The van der Waals surface area contributed by atoms with Gasteiger partial charge in [0.05, 0.1) is 43.7 Å². The molecule has 4 aliphatic rings. The second kappa shape index (κ2) is 13.7. The normalized spacial score (nSPS) is 25.8. The van der Waals surface area contributed by atoms with Crippen LogP contribution in [0.15, 0.2) is 59.6 Å². The van der Waals surface area contributed by atoms with E-state index >= 15 is 4.79 Å². The number of likely N-dealkylation sites (N-methyl/N-ethyl adjacent to an activating group) is 1. The zero-order chi connectivity index (χ0) is 36.8. The summed E-state index contributed by atoms with van der Waals surface area (Å²) in [6.07, 6.45) is 4.92. The number of methoxy groups -OCH3 is 2. The van der Waals surface area contributed by atoms with E-state index in [2.05, 4.69) is 33.1 Å². The molecular formula is C38H44N6O7S. The highest BCUT2D eigenvalue weighted by Crippen LogP contribution is 2.60. The smallest absolute Gasteiger partial charge is 0.276 e. The molecule has 1 saturated heterocycles. The van der Waals surface area contributed by atoms with Gasteiger partial charge in [0.15, 0.2) is 5.54 Å². The maximum Gasteiger partial charge on any atom is 0.276 e. The Balaban J connectivity index is 1.25. The molecule has 13 nitrogen and oxygen atoms in total. The lowest BCUT2D eigenvalue weighted by atomic mass is 9.49. The van der Waals surface area contributed by atoms with Crippen LogP contribution in [-0.4, -0.2) is 94.6 Å². The van der Waals surface area contributed by atoms with Gasteiger partial charge in [-0.15, -0.1) is 0 Å². The maximum absolute atomic E-state index is 15.2. The molecule has 7 rings (SSSR count). The summed E-state index contributed by atoms with van der Waals surface area (Å²) in [5, 5.41) is 13.0. The standard InChI is InChI=1S/C38H44N6O7S/c1-5-42-14-16-43(17-15-42)27-22-37(23-27)20-26(21-37)34(45)41-38(29-8-7-13-40-35(29)51-6-2)30-18-25(24-39)9-11-31(30)44(36(38)46)52(47,48)33-12-10-28(49-3)19-32(33)50-4/h7-13,18-19,26-27H,5-6,14-17,20-23H2,1-4H3,(H,41,45)/t26?,27?,37?,38-/m0/s1. The first-order valence-electron chi connectivity index (χ1n) is 17.8. The van der Waals surface area contributed by atoms with E-state index in [0.717, 1.165) is 45.6 Å². The second-order valence-corrected chi connectivity index (χ2v) is 15.9. The van der Waals surface area contributed by atoms with Gasteiger partial charge in [0.1, 0.15) is 16.4 Å². The first-order chi connectivity index (χ1) is 25.0. The molecule has 0 radical (unpaired) electrons. The number of carbonyl (C=O) groups excluding carboxylic acids is 2. The predicted molar refractivity (Wildman–Crippen MR) is 192 cm³/mol. The third kappa shape index (κ3) is 5.75. The van der Waals surface area contributed by atoms with Crippen LogP contribution in [0.1, 0.15) is 56.2 Å². The van der Waals surface area contributed by atoms with Crippen LogP contribution in [0, 0.1) is 22.7 Å². The summed E-state index contributed by atoms with van der Waals surface area (Å²) in [6.45, 7) is 9.48. The van der Waals surface area contributed by atoms with Crippen LogP contribution in [-0.2, 0) is 25.2 Å². The fourth-order valence-corrected chi connectivity index (χ4v) is 10.2. The summed E-state index contributed by atoms with van der Waals surface area (Å²) in [4.78, 5) is 38.8. The summed E-state index contributed by atoms with van der Waals surface area (Å²) in [6, 6.07) is 14.3. The number of nitrogens with zero attached hydrogens (tertiary/aromatic N) is 5. The third-order valence-electron chi connectivity index (χ3n) is 11.3. The molecule has 2 aromatic carbocycles. The highest BCUT2D eigenvalue weighted by atomic mass is 32.2. The van der Waals surface area contributed by atoms with Crippen molar-refractivity contribution in [2.24, 2.45) is 11.3 Å². The number of pyridine rings is 1. The van der Waals surface area contributed by atoms with Gasteiger partial charge in [-0.25, -0.2) is 13.4 Å². The molecule has 2 aliphatic heterocycles. The Hall–Kier alpha value is -4.71. The third-order valence-corrected chi connectivity index (χ3v) is 13.1. The Kier molecular flexibility index (Phi) is 9.39. The number of carbonyl (C=O) groups is 2. The minimum Gasteiger partial charge on any atom is -0.497 e. The molecule has 52 heavy (non-hydrogen) atoms. The second-order valence-electron chi connectivity index (χ2n) is 14.1. The van der Waals surface area contributed by atoms with E-state index in [0.29, 0.717) is 28.9 Å². The highest BCUT2D eigenvalue weighted by Gasteiger charge is 2.61. The molecule has 2 aliphatic carbocycles. The summed E-state index contributed by atoms with van der Waals surface area (Å²) < 4.78 is 46.6. The first kappa shape index (κ1) is 35.7. The number of fused-ring (bicyclic) bond motifs is 1. The van der Waals surface area contributed by atoms with Crippen LogP contribution >= 0.6 is 0 Å². The van der Waals surface area contributed by atoms with Gasteiger partial charge in [-0.3, -0.25) is 14.5 Å². The molecular weight excluding hydrogens is 685 g/mol. The zero-order valence-corrected chi connectivity index (χ0v) is 30.7. The van der Waals surface area contributed by atoms with E-state index in [1.54, 1.807) is 19.1 Å². The summed E-state index contributed by atoms with van der Waals surface area (Å²) in [5.74, 6) is -1.34. The molecule has 1 N–H and O–H groups in total. The molecule has 1 spiro atoms. The number of benzene rings is 2. The summed E-state index contributed by atoms with van der Waals surface area (Å²) in [7, 11) is -1.91. The van der Waals surface area contributed by atoms with Gasteiger partial charge in [0, 0.05) is 56.0 Å². The first-order valence-corrected chi connectivity index (χ1v) is 19.2. The van der Waals surface area contributed by atoms with Gasteiger partial charge >= 0.3 is 0 Å². The largest absolute Gasteiger partial charge is 0.497 e. The fraction of sp³-hybridized carbons (Fsp3) is 0.474. The Bertz CT molecular complexity index is 2030. The van der Waals surface area contributed by atoms with Crippen molar-refractivity contribution in [3.8, 4) is 23.4 Å². The van der Waals surface area contributed by atoms with E-state index in [1.807, 2.05) is 0 Å². The van der Waals surface area contributed by atoms with Crippen molar-refractivity contribution >= 4 is 27.5 Å². The molecule has 1 atom stereocenters. The fourth-order valence-electron chi connectivity index (χ4n) is 8.60. The van der Waals surface area contributed by atoms with Gasteiger partial charge < -0.3 is 24.4 Å². The number of rotatable bonds is 11. The Morgan fingerprint density at radius 2 is 1.75 bits per heavy atom. The van der Waals surface area contributed by atoms with Crippen LogP contribution in [0.2, 0.25) is 0 Å². The number of nitriles is 1. The minimum atomic E-state index is -4.68. The van der Waals surface area contributed by atoms with Gasteiger partial charge in [-0.1, -0.05) is 6.92 Å². The Morgan fingerprint density at radius 1 is 1.00 bits per heavy atom. The molecule has 0 bridgehead atoms. The van der Waals surface area contributed by atoms with Gasteiger partial charge in [0.2, 0.25) is 11.8 Å². The molecule has 2 amide bonds. The van der Waals surface area contributed by atoms with Gasteiger partial charge in [-0.2, -0.15) is 9.57 Å². The van der Waals surface area contributed by atoms with E-state index in [9.17, 15) is 18.5 Å². The topological polar surface area (TPSA) is 154 Å². The molecule has 2 saturated carbocycles. The number of amides is 2.